The van der Waals surface area contributed by atoms with E-state index in [2.05, 4.69) is 26.7 Å². The molecule has 0 bridgehead atoms. The van der Waals surface area contributed by atoms with Gasteiger partial charge in [-0.2, -0.15) is 0 Å². The Morgan fingerprint density at radius 2 is 1.69 bits per heavy atom. The fourth-order valence-corrected chi connectivity index (χ4v) is 7.88. The molecule has 3 N–H and O–H groups in total. The SMILES string of the molecule is C=C[C@@H]1C[C@]1(NC(=O)[C@@H]1C[C@@H](OC(=O)N2Cc3ccccc3C2F)CN1C(=O)OC(C)(C)C)C(=O)NS(=O)(=O)c1ccccc1NCCOCCCOCC(=O)OC. The third-order valence-corrected chi connectivity index (χ3v) is 11.1. The Labute approximate surface area is 336 Å². The third kappa shape index (κ3) is 10.6. The second-order valence-electron chi connectivity index (χ2n) is 15.0. The second-order valence-corrected chi connectivity index (χ2v) is 16.7. The molecule has 1 saturated carbocycles. The molecule has 4 amide bonds. The van der Waals surface area contributed by atoms with Crippen LogP contribution in [0.3, 0.4) is 0 Å². The number of rotatable bonds is 17. The highest BCUT2D eigenvalue weighted by molar-refractivity contribution is 7.90. The monoisotopic (exact) mass is 831 g/mol. The number of amides is 4. The summed E-state index contributed by atoms with van der Waals surface area (Å²) in [5, 5.41) is 5.65. The second kappa shape index (κ2) is 18.5. The fraction of sp³-hybridized carbons (Fsp3) is 0.513. The lowest BCUT2D eigenvalue weighted by Crippen LogP contribution is -2.56. The van der Waals surface area contributed by atoms with Crippen molar-refractivity contribution < 1.29 is 60.5 Å². The van der Waals surface area contributed by atoms with Crippen LogP contribution < -0.4 is 15.4 Å². The number of nitrogens with one attached hydrogen (secondary N) is 3. The number of ether oxygens (including phenoxy) is 5. The molecule has 58 heavy (non-hydrogen) atoms. The Morgan fingerprint density at radius 3 is 2.38 bits per heavy atom. The number of sulfonamides is 1. The van der Waals surface area contributed by atoms with Gasteiger partial charge in [-0.1, -0.05) is 42.5 Å². The lowest BCUT2D eigenvalue weighted by atomic mass is 10.1. The number of alkyl halides is 1. The quantitative estimate of drug-likeness (QED) is 0.0686. The van der Waals surface area contributed by atoms with E-state index in [9.17, 15) is 32.4 Å². The maximum Gasteiger partial charge on any atom is 0.412 e. The molecule has 0 radical (unpaired) electrons. The van der Waals surface area contributed by atoms with E-state index in [1.165, 1.54) is 31.4 Å². The van der Waals surface area contributed by atoms with Crippen molar-refractivity contribution >= 4 is 45.7 Å². The lowest BCUT2D eigenvalue weighted by Gasteiger charge is -2.29. The number of hydrogen-bond acceptors (Lipinski definition) is 13. The Balaban J connectivity index is 1.22. The summed E-state index contributed by atoms with van der Waals surface area (Å²) in [6.45, 7) is 9.22. The Bertz CT molecular complexity index is 1980. The summed E-state index contributed by atoms with van der Waals surface area (Å²) in [5.74, 6) is -2.99. The van der Waals surface area contributed by atoms with E-state index < -0.39 is 75.5 Å². The largest absolute Gasteiger partial charge is 0.467 e. The van der Waals surface area contributed by atoms with Crippen LogP contribution in [0.25, 0.3) is 0 Å². The zero-order valence-corrected chi connectivity index (χ0v) is 33.7. The average Bonchev–Trinajstić information content (AvgIpc) is 3.55. The molecule has 0 spiro atoms. The zero-order chi connectivity index (χ0) is 42.3. The van der Waals surface area contributed by atoms with E-state index in [1.807, 2.05) is 0 Å². The minimum atomic E-state index is -4.51. The van der Waals surface area contributed by atoms with E-state index in [1.54, 1.807) is 51.1 Å². The number of halogens is 1. The highest BCUT2D eigenvalue weighted by atomic mass is 32.2. The maximum absolute atomic E-state index is 15.2. The summed E-state index contributed by atoms with van der Waals surface area (Å²) in [6.07, 6.45) is -2.93. The van der Waals surface area contributed by atoms with Crippen molar-refractivity contribution in [3.05, 3.63) is 72.3 Å². The van der Waals surface area contributed by atoms with E-state index in [-0.39, 0.29) is 62.9 Å². The minimum Gasteiger partial charge on any atom is -0.467 e. The standard InChI is InChI=1S/C39H50FN5O12S/c1-6-26-21-39(26,35(48)43-58(51,52)31-15-10-9-14-29(31)41-16-19-54-17-11-18-55-24-32(46)53-5)42-34(47)30-20-27(23-44(30)37(50)57-38(2,3)4)56-36(49)45-22-25-12-7-8-13-28(25)33(45)40/h6-10,12-15,26-27,30,33,41H,1,11,16-24H2,2-5H3,(H,42,47)(H,43,48)/t26-,27-,30+,33?,39-/m1/s1. The molecule has 17 nitrogen and oxygen atoms in total. The van der Waals surface area contributed by atoms with Crippen molar-refractivity contribution in [1.82, 2.24) is 19.8 Å². The predicted octanol–water partition coefficient (Wildman–Crippen LogP) is 3.56. The fourth-order valence-electron chi connectivity index (χ4n) is 6.65. The Kier molecular flexibility index (Phi) is 14.0. The van der Waals surface area contributed by atoms with Gasteiger partial charge < -0.3 is 34.3 Å². The van der Waals surface area contributed by atoms with Crippen molar-refractivity contribution in [1.29, 1.82) is 0 Å². The van der Waals surface area contributed by atoms with Gasteiger partial charge in [0.05, 0.1) is 32.5 Å². The van der Waals surface area contributed by atoms with Crippen molar-refractivity contribution in [3.8, 4) is 0 Å². The van der Waals surface area contributed by atoms with Crippen LogP contribution in [-0.2, 0) is 54.6 Å². The highest BCUT2D eigenvalue weighted by Crippen LogP contribution is 2.45. The van der Waals surface area contributed by atoms with Crippen LogP contribution >= 0.6 is 0 Å². The van der Waals surface area contributed by atoms with Crippen molar-refractivity contribution in [2.75, 3.05) is 51.9 Å². The number of fused-ring (bicyclic) bond motifs is 1. The van der Waals surface area contributed by atoms with Crippen LogP contribution in [0.4, 0.5) is 19.7 Å². The van der Waals surface area contributed by atoms with Gasteiger partial charge in [-0.3, -0.25) is 19.4 Å². The van der Waals surface area contributed by atoms with Gasteiger partial charge in [0.1, 0.15) is 34.8 Å². The van der Waals surface area contributed by atoms with Gasteiger partial charge in [0.15, 0.2) is 0 Å². The maximum atomic E-state index is 15.2. The molecular weight excluding hydrogens is 782 g/mol. The van der Waals surface area contributed by atoms with Gasteiger partial charge in [-0.05, 0) is 51.3 Å². The lowest BCUT2D eigenvalue weighted by molar-refractivity contribution is -0.146. The first-order valence-electron chi connectivity index (χ1n) is 18.8. The van der Waals surface area contributed by atoms with Crippen LogP contribution in [0, 0.1) is 5.92 Å². The number of para-hydroxylation sites is 1. The first-order valence-corrected chi connectivity index (χ1v) is 20.2. The number of anilines is 1. The molecule has 2 aliphatic heterocycles. The molecule has 5 rings (SSSR count). The number of hydrogen-bond donors (Lipinski definition) is 3. The minimum absolute atomic E-state index is 0.0134. The third-order valence-electron chi connectivity index (χ3n) is 9.66. The summed E-state index contributed by atoms with van der Waals surface area (Å²) in [7, 11) is -3.24. The molecule has 2 aromatic rings. The summed E-state index contributed by atoms with van der Waals surface area (Å²) < 4.78 is 71.0. The first-order chi connectivity index (χ1) is 27.5. The molecule has 3 aliphatic rings. The number of benzene rings is 2. The predicted molar refractivity (Wildman–Crippen MR) is 205 cm³/mol. The molecule has 1 saturated heterocycles. The number of carbonyl (C=O) groups is 5. The van der Waals surface area contributed by atoms with Gasteiger partial charge >= 0.3 is 18.2 Å². The zero-order valence-electron chi connectivity index (χ0n) is 32.9. The van der Waals surface area contributed by atoms with Crippen molar-refractivity contribution in [2.45, 2.75) is 81.1 Å². The first kappa shape index (κ1) is 43.8. The molecule has 1 aliphatic carbocycles. The van der Waals surface area contributed by atoms with E-state index >= 15 is 4.39 Å². The highest BCUT2D eigenvalue weighted by Gasteiger charge is 2.61. The number of likely N-dealkylation sites (tertiary alicyclic amines) is 1. The van der Waals surface area contributed by atoms with Gasteiger partial charge in [-0.15, -0.1) is 6.58 Å². The number of esters is 1. The van der Waals surface area contributed by atoms with E-state index in [4.69, 9.17) is 18.9 Å². The van der Waals surface area contributed by atoms with E-state index in [0.717, 1.165) is 9.80 Å². The van der Waals surface area contributed by atoms with E-state index in [0.29, 0.717) is 24.2 Å². The topological polar surface area (TPSA) is 208 Å². The van der Waals surface area contributed by atoms with Gasteiger partial charge in [0.2, 0.25) is 12.2 Å². The smallest absolute Gasteiger partial charge is 0.412 e. The van der Waals surface area contributed by atoms with Gasteiger partial charge in [0.25, 0.3) is 15.9 Å². The van der Waals surface area contributed by atoms with Crippen LogP contribution in [0.5, 0.6) is 0 Å². The van der Waals surface area contributed by atoms with Crippen LogP contribution in [-0.4, -0.2) is 118 Å². The molecule has 2 heterocycles. The molecule has 19 heteroatoms. The molecule has 1 unspecified atom stereocenters. The van der Waals surface area contributed by atoms with Crippen molar-refractivity contribution in [3.63, 3.8) is 0 Å². The molecule has 2 fully saturated rings. The Morgan fingerprint density at radius 1 is 0.983 bits per heavy atom. The number of nitrogens with zero attached hydrogens (tertiary/aromatic N) is 2. The normalized spacial score (nSPS) is 22.4. The summed E-state index contributed by atoms with van der Waals surface area (Å²) in [6, 6.07) is 11.3. The van der Waals surface area contributed by atoms with Crippen LogP contribution in [0.15, 0.2) is 66.1 Å². The number of carbonyl (C=O) groups excluding carboxylic acids is 5. The summed E-state index contributed by atoms with van der Waals surface area (Å²) in [5.41, 5.74) is -1.55. The Hall–Kier alpha value is -5.27. The van der Waals surface area contributed by atoms with Gasteiger partial charge in [-0.25, -0.2) is 31.9 Å². The summed E-state index contributed by atoms with van der Waals surface area (Å²) >= 11 is 0. The molecule has 0 aromatic heterocycles. The van der Waals surface area contributed by atoms with Crippen LogP contribution in [0.1, 0.15) is 57.5 Å². The molecule has 5 atom stereocenters. The molecule has 2 aromatic carbocycles. The molecular formula is C39H50FN5O12S. The van der Waals surface area contributed by atoms with Crippen LogP contribution in [0.2, 0.25) is 0 Å². The average molecular weight is 832 g/mol. The number of methoxy groups -OCH3 is 1. The van der Waals surface area contributed by atoms with Gasteiger partial charge in [0, 0.05) is 37.7 Å². The van der Waals surface area contributed by atoms with Crippen molar-refractivity contribution in [2.24, 2.45) is 5.92 Å². The summed E-state index contributed by atoms with van der Waals surface area (Å²) in [4.78, 5) is 67.3. The molecule has 316 valence electrons.